The monoisotopic (exact) mass is 448 g/mol. The van der Waals surface area contributed by atoms with Crippen LogP contribution in [0, 0.1) is 17.5 Å². The van der Waals surface area contributed by atoms with Gasteiger partial charge >= 0.3 is 10.8 Å². The summed E-state index contributed by atoms with van der Waals surface area (Å²) in [5, 5.41) is 0. The van der Waals surface area contributed by atoms with E-state index in [0.29, 0.717) is 17.0 Å². The number of carbonyl (C=O) groups is 2. The molecule has 1 amide bonds. The van der Waals surface area contributed by atoms with Gasteiger partial charge in [0.1, 0.15) is 12.4 Å². The van der Waals surface area contributed by atoms with Crippen molar-refractivity contribution in [2.45, 2.75) is 18.9 Å². The van der Waals surface area contributed by atoms with Gasteiger partial charge in [-0.25, -0.2) is 13.2 Å². The van der Waals surface area contributed by atoms with Crippen molar-refractivity contribution < 1.29 is 27.5 Å². The van der Waals surface area contributed by atoms with Crippen LogP contribution in [0.4, 0.5) is 24.7 Å². The van der Waals surface area contributed by atoms with E-state index in [4.69, 9.17) is 0 Å². The van der Waals surface area contributed by atoms with E-state index in [-0.39, 0.29) is 22.7 Å². The van der Waals surface area contributed by atoms with Gasteiger partial charge in [0.15, 0.2) is 17.5 Å². The van der Waals surface area contributed by atoms with Crippen LogP contribution in [0.15, 0.2) is 47.3 Å². The van der Waals surface area contributed by atoms with Gasteiger partial charge in [0.05, 0.1) is 17.7 Å². The van der Waals surface area contributed by atoms with Crippen LogP contribution in [0.3, 0.4) is 0 Å². The van der Waals surface area contributed by atoms with Gasteiger partial charge in [-0.15, -0.1) is 0 Å². The maximum atomic E-state index is 14.6. The van der Waals surface area contributed by atoms with Crippen LogP contribution in [-0.2, 0) is 20.9 Å². The Labute approximate surface area is 178 Å². The Balaban J connectivity index is 1.95. The lowest BCUT2D eigenvalue weighted by molar-refractivity contribution is -0.141. The number of anilines is 2. The average molecular weight is 448 g/mol. The fourth-order valence-electron chi connectivity index (χ4n) is 3.59. The minimum atomic E-state index is -1.65. The van der Waals surface area contributed by atoms with E-state index in [1.54, 1.807) is 30.3 Å². The Morgan fingerprint density at radius 2 is 1.81 bits per heavy atom. The molecule has 1 atom stereocenters. The minimum Gasteiger partial charge on any atom is -0.468 e. The molecule has 10 heteroatoms. The molecule has 1 aliphatic heterocycles. The Hall–Kier alpha value is -3.40. The molecule has 0 saturated carbocycles. The number of benzene rings is 2. The minimum absolute atomic E-state index is 0.0805. The van der Waals surface area contributed by atoms with Gasteiger partial charge in [0.25, 0.3) is 0 Å². The van der Waals surface area contributed by atoms with Crippen molar-refractivity contribution >= 4 is 34.7 Å². The van der Waals surface area contributed by atoms with Gasteiger partial charge < -0.3 is 4.74 Å². The van der Waals surface area contributed by atoms with Crippen molar-refractivity contribution in [3.63, 3.8) is 0 Å². The number of ether oxygens (including phenoxy) is 1. The summed E-state index contributed by atoms with van der Waals surface area (Å²) in [6, 6.07) is 10.2. The molecule has 0 saturated heterocycles. The van der Waals surface area contributed by atoms with Gasteiger partial charge in [0, 0.05) is 17.9 Å². The molecule has 4 rings (SSSR count). The van der Waals surface area contributed by atoms with Gasteiger partial charge in [0.2, 0.25) is 5.91 Å². The number of carbonyl (C=O) groups excluding carboxylic acids is 2. The number of para-hydroxylation sites is 1. The van der Waals surface area contributed by atoms with E-state index in [9.17, 15) is 27.6 Å². The third-order valence-electron chi connectivity index (χ3n) is 5.02. The fraction of sp³-hybridized carbons (Fsp3) is 0.190. The number of aromatic nitrogens is 1. The molecule has 0 aliphatic carbocycles. The van der Waals surface area contributed by atoms with E-state index in [1.807, 2.05) is 0 Å². The number of halogens is 3. The fourth-order valence-corrected chi connectivity index (χ4v) is 4.68. The predicted molar refractivity (Wildman–Crippen MR) is 107 cm³/mol. The first kappa shape index (κ1) is 20.9. The summed E-state index contributed by atoms with van der Waals surface area (Å²) in [4.78, 5) is 38.7. The lowest BCUT2D eigenvalue weighted by Gasteiger charge is -2.32. The molecule has 2 aromatic carbocycles. The van der Waals surface area contributed by atoms with Gasteiger partial charge in [-0.05, 0) is 18.2 Å². The molecule has 0 N–H and O–H groups in total. The highest BCUT2D eigenvalue weighted by Crippen LogP contribution is 2.45. The van der Waals surface area contributed by atoms with Crippen LogP contribution in [0.2, 0.25) is 0 Å². The van der Waals surface area contributed by atoms with Crippen LogP contribution in [-0.4, -0.2) is 23.6 Å². The maximum Gasteiger partial charge on any atom is 0.325 e. The zero-order valence-electron chi connectivity index (χ0n) is 16.1. The van der Waals surface area contributed by atoms with E-state index < -0.39 is 46.7 Å². The summed E-state index contributed by atoms with van der Waals surface area (Å²) >= 11 is 0.714. The Bertz CT molecular complexity index is 1240. The largest absolute Gasteiger partial charge is 0.468 e. The number of hydrogen-bond acceptors (Lipinski definition) is 5. The normalized spacial score (nSPS) is 15.7. The molecule has 0 spiro atoms. The lowest BCUT2D eigenvalue weighted by atomic mass is 9.89. The first-order valence-electron chi connectivity index (χ1n) is 9.15. The summed E-state index contributed by atoms with van der Waals surface area (Å²) in [6.07, 6.45) is -0.276. The maximum absolute atomic E-state index is 14.6. The third kappa shape index (κ3) is 3.52. The third-order valence-corrected chi connectivity index (χ3v) is 6.10. The lowest BCUT2D eigenvalue weighted by Crippen LogP contribution is -2.36. The summed E-state index contributed by atoms with van der Waals surface area (Å²) < 4.78 is 47.6. The number of amides is 1. The van der Waals surface area contributed by atoms with E-state index in [1.165, 1.54) is 4.90 Å². The van der Waals surface area contributed by atoms with Crippen molar-refractivity contribution in [2.75, 3.05) is 12.0 Å². The van der Waals surface area contributed by atoms with Crippen LogP contribution < -0.4 is 9.77 Å². The van der Waals surface area contributed by atoms with E-state index in [2.05, 4.69) is 4.74 Å². The van der Waals surface area contributed by atoms with Crippen molar-refractivity contribution in [3.8, 4) is 0 Å². The molecule has 0 unspecified atom stereocenters. The highest BCUT2D eigenvalue weighted by molar-refractivity contribution is 7.10. The SMILES string of the molecule is COC(=O)Cn1c2c(sc1=O)[C@H](c1ccc(F)c(F)c1F)CC(=O)N2c1ccccc1. The number of thiazole rings is 1. The van der Waals surface area contributed by atoms with E-state index in [0.717, 1.165) is 23.8 Å². The van der Waals surface area contributed by atoms with Crippen LogP contribution in [0.5, 0.6) is 0 Å². The van der Waals surface area contributed by atoms with Crippen LogP contribution in [0.1, 0.15) is 22.8 Å². The number of esters is 1. The van der Waals surface area contributed by atoms with Crippen molar-refractivity contribution in [2.24, 2.45) is 0 Å². The molecule has 0 bridgehead atoms. The quantitative estimate of drug-likeness (QED) is 0.451. The Kier molecular flexibility index (Phi) is 5.40. The topological polar surface area (TPSA) is 68.6 Å². The number of rotatable bonds is 4. The van der Waals surface area contributed by atoms with Gasteiger partial charge in [-0.2, -0.15) is 0 Å². The molecule has 0 radical (unpaired) electrons. The molecule has 0 fully saturated rings. The molecule has 2 heterocycles. The van der Waals surface area contributed by atoms with Crippen molar-refractivity contribution in [1.82, 2.24) is 4.57 Å². The number of hydrogen-bond donors (Lipinski definition) is 0. The molecule has 6 nitrogen and oxygen atoms in total. The molecular formula is C21H15F3N2O4S. The zero-order valence-corrected chi connectivity index (χ0v) is 16.9. The number of methoxy groups -OCH3 is 1. The summed E-state index contributed by atoms with van der Waals surface area (Å²) in [5.74, 6) is -6.58. The average Bonchev–Trinajstić information content (AvgIpc) is 3.08. The summed E-state index contributed by atoms with van der Waals surface area (Å²) in [5.41, 5.74) is 0.196. The zero-order chi connectivity index (χ0) is 22.3. The van der Waals surface area contributed by atoms with Crippen molar-refractivity contribution in [1.29, 1.82) is 0 Å². The molecule has 1 aromatic heterocycles. The standard InChI is InChI=1S/C21H15F3N2O4S/c1-30-16(28)10-25-20-19(31-21(25)29)13(12-7-8-14(22)18(24)17(12)23)9-15(27)26(20)11-5-3-2-4-6-11/h2-8,13H,9-10H2,1H3/t13-/m0/s1. The smallest absolute Gasteiger partial charge is 0.325 e. The second kappa shape index (κ2) is 8.03. The molecule has 31 heavy (non-hydrogen) atoms. The van der Waals surface area contributed by atoms with Gasteiger partial charge in [-0.1, -0.05) is 35.6 Å². The van der Waals surface area contributed by atoms with Crippen molar-refractivity contribution in [3.05, 3.63) is 80.0 Å². The van der Waals surface area contributed by atoms with Gasteiger partial charge in [-0.3, -0.25) is 23.9 Å². The number of nitrogens with zero attached hydrogens (tertiary/aromatic N) is 2. The Morgan fingerprint density at radius 1 is 1.10 bits per heavy atom. The molecular weight excluding hydrogens is 433 g/mol. The van der Waals surface area contributed by atoms with Crippen LogP contribution >= 0.6 is 11.3 Å². The predicted octanol–water partition coefficient (Wildman–Crippen LogP) is 3.70. The van der Waals surface area contributed by atoms with Crippen LogP contribution in [0.25, 0.3) is 0 Å². The summed E-state index contributed by atoms with van der Waals surface area (Å²) in [6.45, 7) is -0.467. The second-order valence-corrected chi connectivity index (χ2v) is 7.80. The molecule has 1 aliphatic rings. The highest BCUT2D eigenvalue weighted by atomic mass is 32.1. The highest BCUT2D eigenvalue weighted by Gasteiger charge is 2.40. The second-order valence-electron chi connectivity index (χ2n) is 6.80. The first-order chi connectivity index (χ1) is 14.8. The Morgan fingerprint density at radius 3 is 2.48 bits per heavy atom. The number of fused-ring (bicyclic) bond motifs is 1. The first-order valence-corrected chi connectivity index (χ1v) is 9.96. The molecule has 160 valence electrons. The molecule has 3 aromatic rings. The summed E-state index contributed by atoms with van der Waals surface area (Å²) in [7, 11) is 1.16. The van der Waals surface area contributed by atoms with E-state index >= 15 is 0 Å².